The number of nitrogens with zero attached hydrogens (tertiary/aromatic N) is 1. The van der Waals surface area contributed by atoms with Gasteiger partial charge in [-0.05, 0) is 26.7 Å². The van der Waals surface area contributed by atoms with Gasteiger partial charge in [-0.2, -0.15) is 0 Å². The van der Waals surface area contributed by atoms with E-state index in [2.05, 4.69) is 4.89 Å². The van der Waals surface area contributed by atoms with Crippen molar-refractivity contribution in [2.75, 3.05) is 6.61 Å². The zero-order chi connectivity index (χ0) is 10.8. The van der Waals surface area contributed by atoms with Crippen LogP contribution in [0.25, 0.3) is 0 Å². The molecule has 1 rings (SSSR count). The molecule has 2 atom stereocenters. The minimum atomic E-state index is -1.23. The lowest BCUT2D eigenvalue weighted by molar-refractivity contribution is -0.375. The SMILES string of the molecule is CCOC(=O)C1(C)CCC(OO)N1[O]. The van der Waals surface area contributed by atoms with E-state index in [4.69, 9.17) is 9.99 Å². The second-order valence-electron chi connectivity index (χ2n) is 3.42. The molecule has 1 aliphatic rings. The first-order valence-electron chi connectivity index (χ1n) is 4.50. The summed E-state index contributed by atoms with van der Waals surface area (Å²) in [6.07, 6.45) is -0.333. The van der Waals surface area contributed by atoms with Crippen molar-refractivity contribution >= 4 is 5.97 Å². The summed E-state index contributed by atoms with van der Waals surface area (Å²) < 4.78 is 4.77. The Morgan fingerprint density at radius 2 is 2.36 bits per heavy atom. The standard InChI is InChI=1S/C8H14NO5/c1-3-13-7(10)8(2)5-4-6(14-12)9(8)11/h6,12H,3-5H2,1-2H3. The molecule has 1 fully saturated rings. The van der Waals surface area contributed by atoms with Gasteiger partial charge in [-0.15, -0.1) is 10.3 Å². The van der Waals surface area contributed by atoms with Crippen molar-refractivity contribution in [2.45, 2.75) is 38.5 Å². The average molecular weight is 204 g/mol. The van der Waals surface area contributed by atoms with Gasteiger partial charge in [0.25, 0.3) is 0 Å². The summed E-state index contributed by atoms with van der Waals surface area (Å²) >= 11 is 0. The van der Waals surface area contributed by atoms with Crippen molar-refractivity contribution in [3.05, 3.63) is 0 Å². The highest BCUT2D eigenvalue weighted by molar-refractivity contribution is 5.80. The zero-order valence-electron chi connectivity index (χ0n) is 8.23. The highest BCUT2D eigenvalue weighted by Gasteiger charge is 2.51. The molecule has 1 heterocycles. The largest absolute Gasteiger partial charge is 0.465 e. The second-order valence-corrected chi connectivity index (χ2v) is 3.42. The Bertz CT molecular complexity index is 222. The summed E-state index contributed by atoms with van der Waals surface area (Å²) in [5, 5.41) is 20.3. The highest BCUT2D eigenvalue weighted by Crippen LogP contribution is 2.33. The van der Waals surface area contributed by atoms with E-state index in [1.54, 1.807) is 6.92 Å². The monoisotopic (exact) mass is 204 g/mol. The average Bonchev–Trinajstić information content (AvgIpc) is 2.45. The van der Waals surface area contributed by atoms with Crippen LogP contribution in [-0.2, 0) is 19.6 Å². The lowest BCUT2D eigenvalue weighted by atomic mass is 10.0. The Balaban J connectivity index is 2.71. The van der Waals surface area contributed by atoms with E-state index in [0.29, 0.717) is 17.9 Å². The molecule has 0 spiro atoms. The van der Waals surface area contributed by atoms with E-state index in [0.717, 1.165) is 0 Å². The van der Waals surface area contributed by atoms with E-state index >= 15 is 0 Å². The van der Waals surface area contributed by atoms with Crippen LogP contribution in [0.4, 0.5) is 0 Å². The van der Waals surface area contributed by atoms with E-state index in [1.165, 1.54) is 6.92 Å². The number of esters is 1. The third-order valence-corrected chi connectivity index (χ3v) is 2.46. The van der Waals surface area contributed by atoms with Gasteiger partial charge in [0.15, 0.2) is 6.23 Å². The van der Waals surface area contributed by atoms with Crippen LogP contribution in [0.5, 0.6) is 0 Å². The van der Waals surface area contributed by atoms with Crippen LogP contribution in [-0.4, -0.2) is 34.7 Å². The molecular formula is C8H14NO5. The maximum Gasteiger partial charge on any atom is 0.328 e. The maximum atomic E-state index is 11.5. The Hall–Kier alpha value is -0.690. The number of carbonyl (C=O) groups is 1. The normalized spacial score (nSPS) is 33.3. The number of ether oxygens (including phenoxy) is 1. The number of hydroxylamine groups is 2. The predicted octanol–water partition coefficient (Wildman–Crippen LogP) is 0.565. The summed E-state index contributed by atoms with van der Waals surface area (Å²) in [4.78, 5) is 15.4. The lowest BCUT2D eigenvalue weighted by Crippen LogP contribution is -2.49. The van der Waals surface area contributed by atoms with Crippen LogP contribution in [0.3, 0.4) is 0 Å². The number of carbonyl (C=O) groups excluding carboxylic acids is 1. The van der Waals surface area contributed by atoms with E-state index < -0.39 is 17.7 Å². The first kappa shape index (κ1) is 11.4. The van der Waals surface area contributed by atoms with E-state index in [-0.39, 0.29) is 6.61 Å². The Labute approximate surface area is 81.9 Å². The van der Waals surface area contributed by atoms with Crippen molar-refractivity contribution in [3.63, 3.8) is 0 Å². The molecule has 2 unspecified atom stereocenters. The topological polar surface area (TPSA) is 78.9 Å². The van der Waals surface area contributed by atoms with E-state index in [1.807, 2.05) is 0 Å². The van der Waals surface area contributed by atoms with Gasteiger partial charge in [-0.1, -0.05) is 0 Å². The minimum absolute atomic E-state index is 0.229. The van der Waals surface area contributed by atoms with Gasteiger partial charge in [0.05, 0.1) is 6.61 Å². The van der Waals surface area contributed by atoms with Crippen molar-refractivity contribution in [1.29, 1.82) is 0 Å². The molecular weight excluding hydrogens is 190 g/mol. The minimum Gasteiger partial charge on any atom is -0.465 e. The zero-order valence-corrected chi connectivity index (χ0v) is 8.23. The quantitative estimate of drug-likeness (QED) is 0.413. The molecule has 6 heteroatoms. The summed E-state index contributed by atoms with van der Waals surface area (Å²) in [7, 11) is 0. The van der Waals surface area contributed by atoms with Gasteiger partial charge in [-0.3, -0.25) is 5.26 Å². The van der Waals surface area contributed by atoms with Crippen LogP contribution < -0.4 is 0 Å². The van der Waals surface area contributed by atoms with Gasteiger partial charge in [0.1, 0.15) is 5.54 Å². The predicted molar refractivity (Wildman–Crippen MR) is 44.3 cm³/mol. The highest BCUT2D eigenvalue weighted by atomic mass is 17.1. The summed E-state index contributed by atoms with van der Waals surface area (Å²) in [5.41, 5.74) is -1.23. The number of rotatable bonds is 3. The smallest absolute Gasteiger partial charge is 0.328 e. The molecule has 0 aromatic carbocycles. The molecule has 1 saturated heterocycles. The van der Waals surface area contributed by atoms with Gasteiger partial charge in [-0.25, -0.2) is 9.68 Å². The molecule has 81 valence electrons. The van der Waals surface area contributed by atoms with Crippen LogP contribution in [0.1, 0.15) is 26.7 Å². The summed E-state index contributed by atoms with van der Waals surface area (Å²) in [6.45, 7) is 3.38. The summed E-state index contributed by atoms with van der Waals surface area (Å²) in [5.74, 6) is -0.574. The third-order valence-electron chi connectivity index (χ3n) is 2.46. The maximum absolute atomic E-state index is 11.5. The first-order valence-corrected chi connectivity index (χ1v) is 4.50. The molecule has 0 saturated carbocycles. The molecule has 1 N–H and O–H groups in total. The van der Waals surface area contributed by atoms with Crippen molar-refractivity contribution in [3.8, 4) is 0 Å². The fourth-order valence-electron chi connectivity index (χ4n) is 1.52. The molecule has 0 aliphatic carbocycles. The molecule has 0 aromatic rings. The number of hydrogen-bond donors (Lipinski definition) is 1. The molecule has 0 amide bonds. The fraction of sp³-hybridized carbons (Fsp3) is 0.875. The summed E-state index contributed by atoms with van der Waals surface area (Å²) in [6, 6.07) is 0. The Kier molecular flexibility index (Phi) is 3.43. The van der Waals surface area contributed by atoms with Crippen LogP contribution in [0.15, 0.2) is 0 Å². The molecule has 14 heavy (non-hydrogen) atoms. The lowest BCUT2D eigenvalue weighted by Gasteiger charge is -2.27. The molecule has 1 aliphatic heterocycles. The Morgan fingerprint density at radius 3 is 2.79 bits per heavy atom. The first-order chi connectivity index (χ1) is 6.56. The van der Waals surface area contributed by atoms with Crippen LogP contribution in [0, 0.1) is 0 Å². The van der Waals surface area contributed by atoms with Gasteiger partial charge < -0.3 is 4.74 Å². The van der Waals surface area contributed by atoms with Gasteiger partial charge in [0.2, 0.25) is 0 Å². The van der Waals surface area contributed by atoms with Gasteiger partial charge >= 0.3 is 5.97 Å². The molecule has 0 aromatic heterocycles. The van der Waals surface area contributed by atoms with Crippen LogP contribution >= 0.6 is 0 Å². The number of hydrogen-bond acceptors (Lipinski definition) is 5. The molecule has 6 nitrogen and oxygen atoms in total. The second kappa shape index (κ2) is 4.22. The molecule has 1 radical (unpaired) electrons. The van der Waals surface area contributed by atoms with Gasteiger partial charge in [0, 0.05) is 0 Å². The molecule has 0 bridgehead atoms. The van der Waals surface area contributed by atoms with Crippen molar-refractivity contribution in [2.24, 2.45) is 0 Å². The van der Waals surface area contributed by atoms with Crippen molar-refractivity contribution < 1.29 is 24.9 Å². The Morgan fingerprint density at radius 1 is 1.71 bits per heavy atom. The fourth-order valence-corrected chi connectivity index (χ4v) is 1.52. The third kappa shape index (κ3) is 1.74. The van der Waals surface area contributed by atoms with E-state index in [9.17, 15) is 10.0 Å². The van der Waals surface area contributed by atoms with Crippen LogP contribution in [0.2, 0.25) is 0 Å². The van der Waals surface area contributed by atoms with Crippen molar-refractivity contribution in [1.82, 2.24) is 5.06 Å².